The summed E-state index contributed by atoms with van der Waals surface area (Å²) in [5.41, 5.74) is 4.26. The largest absolute Gasteiger partial charge is 0.507 e. The van der Waals surface area contributed by atoms with Crippen LogP contribution in [0.1, 0.15) is 52.7 Å². The van der Waals surface area contributed by atoms with Crippen molar-refractivity contribution >= 4 is 11.3 Å². The SMILES string of the molecule is CC(C)(C)c1cc(-c2nc(-c3ccc(F)cc3)cs2)c(O)c(C(C)(C)C)c1. The molecule has 142 valence electrons. The topological polar surface area (TPSA) is 33.1 Å². The molecule has 4 heteroatoms. The van der Waals surface area contributed by atoms with Gasteiger partial charge >= 0.3 is 0 Å². The van der Waals surface area contributed by atoms with Crippen molar-refractivity contribution in [1.29, 1.82) is 0 Å². The first-order chi connectivity index (χ1) is 12.5. The minimum absolute atomic E-state index is 0.0422. The second kappa shape index (κ2) is 6.75. The fourth-order valence-electron chi connectivity index (χ4n) is 2.95. The predicted molar refractivity (Wildman–Crippen MR) is 112 cm³/mol. The number of nitrogens with zero attached hydrogens (tertiary/aromatic N) is 1. The number of phenolic OH excluding ortho intramolecular Hbond substituents is 1. The van der Waals surface area contributed by atoms with Crippen LogP contribution >= 0.6 is 11.3 Å². The van der Waals surface area contributed by atoms with Crippen LogP contribution in [0.3, 0.4) is 0 Å². The van der Waals surface area contributed by atoms with Crippen LogP contribution in [-0.4, -0.2) is 10.1 Å². The van der Waals surface area contributed by atoms with Crippen molar-refractivity contribution in [2.75, 3.05) is 0 Å². The van der Waals surface area contributed by atoms with Crippen molar-refractivity contribution in [2.24, 2.45) is 0 Å². The highest BCUT2D eigenvalue weighted by atomic mass is 32.1. The Kier molecular flexibility index (Phi) is 4.89. The van der Waals surface area contributed by atoms with E-state index < -0.39 is 0 Å². The van der Waals surface area contributed by atoms with Crippen molar-refractivity contribution in [1.82, 2.24) is 4.98 Å². The van der Waals surface area contributed by atoms with Crippen molar-refractivity contribution < 1.29 is 9.50 Å². The van der Waals surface area contributed by atoms with Gasteiger partial charge in [-0.15, -0.1) is 11.3 Å². The maximum atomic E-state index is 13.2. The molecule has 27 heavy (non-hydrogen) atoms. The van der Waals surface area contributed by atoms with Gasteiger partial charge < -0.3 is 5.11 Å². The van der Waals surface area contributed by atoms with Crippen molar-refractivity contribution in [2.45, 2.75) is 52.4 Å². The van der Waals surface area contributed by atoms with E-state index >= 15 is 0 Å². The fourth-order valence-corrected chi connectivity index (χ4v) is 3.80. The number of phenols is 1. The van der Waals surface area contributed by atoms with Gasteiger partial charge in [0.2, 0.25) is 0 Å². The standard InChI is InChI=1S/C23H26FNOS/c1-22(2,3)15-11-17(20(26)18(12-15)23(4,5)6)21-25-19(13-27-21)14-7-9-16(24)10-8-14/h7-13,26H,1-6H3. The normalized spacial score (nSPS) is 12.4. The van der Waals surface area contributed by atoms with E-state index in [9.17, 15) is 9.50 Å². The average molecular weight is 384 g/mol. The average Bonchev–Trinajstić information content (AvgIpc) is 3.03. The van der Waals surface area contributed by atoms with Crippen LogP contribution in [0.15, 0.2) is 41.8 Å². The van der Waals surface area contributed by atoms with Gasteiger partial charge in [-0.3, -0.25) is 0 Å². The molecular formula is C23H26FNOS. The molecule has 0 radical (unpaired) electrons. The fraction of sp³-hybridized carbons (Fsp3) is 0.348. The number of aromatic hydroxyl groups is 1. The lowest BCUT2D eigenvalue weighted by Gasteiger charge is -2.27. The van der Waals surface area contributed by atoms with E-state index in [1.165, 1.54) is 29.0 Å². The molecule has 3 rings (SSSR count). The summed E-state index contributed by atoms with van der Waals surface area (Å²) in [6.07, 6.45) is 0. The third-order valence-corrected chi connectivity index (χ3v) is 5.53. The molecule has 0 amide bonds. The Morgan fingerprint density at radius 2 is 1.56 bits per heavy atom. The molecule has 0 bridgehead atoms. The highest BCUT2D eigenvalue weighted by molar-refractivity contribution is 7.13. The molecule has 0 unspecified atom stereocenters. The molecule has 0 aliphatic rings. The second-order valence-corrected chi connectivity index (χ2v) is 9.82. The van der Waals surface area contributed by atoms with E-state index in [4.69, 9.17) is 4.98 Å². The molecule has 0 saturated carbocycles. The van der Waals surface area contributed by atoms with E-state index in [1.54, 1.807) is 12.1 Å². The van der Waals surface area contributed by atoms with Crippen LogP contribution in [-0.2, 0) is 10.8 Å². The highest BCUT2D eigenvalue weighted by Gasteiger charge is 2.26. The smallest absolute Gasteiger partial charge is 0.129 e. The predicted octanol–water partition coefficient (Wildman–Crippen LogP) is 6.92. The number of benzene rings is 2. The van der Waals surface area contributed by atoms with Crippen molar-refractivity contribution in [3.8, 4) is 27.6 Å². The molecule has 2 aromatic carbocycles. The van der Waals surface area contributed by atoms with Gasteiger partial charge in [-0.2, -0.15) is 0 Å². The summed E-state index contributed by atoms with van der Waals surface area (Å²) in [5.74, 6) is 0.0232. The molecule has 0 atom stereocenters. The molecule has 0 aliphatic carbocycles. The van der Waals surface area contributed by atoms with E-state index in [1.807, 2.05) is 11.4 Å². The van der Waals surface area contributed by atoms with Gasteiger partial charge in [0.15, 0.2) is 0 Å². The van der Waals surface area contributed by atoms with Gasteiger partial charge in [-0.05, 0) is 46.7 Å². The van der Waals surface area contributed by atoms with Crippen LogP contribution in [0.2, 0.25) is 0 Å². The molecule has 0 aliphatic heterocycles. The molecule has 1 aromatic heterocycles. The van der Waals surface area contributed by atoms with E-state index in [-0.39, 0.29) is 22.4 Å². The van der Waals surface area contributed by atoms with Crippen molar-refractivity contribution in [3.05, 3.63) is 58.7 Å². The molecule has 0 fully saturated rings. The van der Waals surface area contributed by atoms with E-state index in [0.29, 0.717) is 0 Å². The Morgan fingerprint density at radius 3 is 2.11 bits per heavy atom. The Bertz CT molecular complexity index is 960. The third kappa shape index (κ3) is 4.06. The van der Waals surface area contributed by atoms with E-state index in [2.05, 4.69) is 47.6 Å². The Labute approximate surface area is 164 Å². The van der Waals surface area contributed by atoms with Gasteiger partial charge in [-0.25, -0.2) is 9.37 Å². The minimum atomic E-state index is -0.264. The number of hydrogen-bond donors (Lipinski definition) is 1. The maximum Gasteiger partial charge on any atom is 0.129 e. The van der Waals surface area contributed by atoms with Crippen LogP contribution in [0.5, 0.6) is 5.75 Å². The quantitative estimate of drug-likeness (QED) is 0.521. The lowest BCUT2D eigenvalue weighted by molar-refractivity contribution is 0.446. The van der Waals surface area contributed by atoms with Gasteiger partial charge in [0.1, 0.15) is 16.6 Å². The molecule has 2 nitrogen and oxygen atoms in total. The van der Waals surface area contributed by atoms with Gasteiger partial charge in [0.05, 0.1) is 11.3 Å². The Balaban J connectivity index is 2.15. The molecule has 3 aromatic rings. The molecule has 1 heterocycles. The summed E-state index contributed by atoms with van der Waals surface area (Å²) >= 11 is 1.49. The summed E-state index contributed by atoms with van der Waals surface area (Å²) in [4.78, 5) is 4.72. The van der Waals surface area contributed by atoms with Gasteiger partial charge in [-0.1, -0.05) is 47.6 Å². The first-order valence-electron chi connectivity index (χ1n) is 9.06. The summed E-state index contributed by atoms with van der Waals surface area (Å²) in [6, 6.07) is 10.5. The summed E-state index contributed by atoms with van der Waals surface area (Å²) in [7, 11) is 0. The first kappa shape index (κ1) is 19.6. The Morgan fingerprint density at radius 1 is 0.926 bits per heavy atom. The lowest BCUT2D eigenvalue weighted by atomic mass is 9.79. The molecule has 1 N–H and O–H groups in total. The highest BCUT2D eigenvalue weighted by Crippen LogP contribution is 2.43. The number of rotatable bonds is 2. The van der Waals surface area contributed by atoms with Crippen LogP contribution in [0.25, 0.3) is 21.8 Å². The summed E-state index contributed by atoms with van der Waals surface area (Å²) < 4.78 is 13.2. The zero-order valence-corrected chi connectivity index (χ0v) is 17.5. The molecule has 0 saturated heterocycles. The third-order valence-electron chi connectivity index (χ3n) is 4.66. The summed E-state index contributed by atoms with van der Waals surface area (Å²) in [5, 5.41) is 13.7. The number of thiazole rings is 1. The van der Waals surface area contributed by atoms with Gasteiger partial charge in [0.25, 0.3) is 0 Å². The Hall–Kier alpha value is -2.20. The maximum absolute atomic E-state index is 13.2. The van der Waals surface area contributed by atoms with Crippen LogP contribution in [0.4, 0.5) is 4.39 Å². The number of aromatic nitrogens is 1. The number of halogens is 1. The van der Waals surface area contributed by atoms with Crippen LogP contribution in [0, 0.1) is 5.82 Å². The van der Waals surface area contributed by atoms with Gasteiger partial charge in [0, 0.05) is 16.5 Å². The number of hydrogen-bond acceptors (Lipinski definition) is 3. The summed E-state index contributed by atoms with van der Waals surface area (Å²) in [6.45, 7) is 12.8. The monoisotopic (exact) mass is 383 g/mol. The van der Waals surface area contributed by atoms with Crippen molar-refractivity contribution in [3.63, 3.8) is 0 Å². The van der Waals surface area contributed by atoms with Crippen LogP contribution < -0.4 is 0 Å². The second-order valence-electron chi connectivity index (χ2n) is 8.96. The molecular weight excluding hydrogens is 357 g/mol. The molecule has 0 spiro atoms. The first-order valence-corrected chi connectivity index (χ1v) is 9.94. The zero-order chi connectivity index (χ0) is 20.0. The lowest BCUT2D eigenvalue weighted by Crippen LogP contribution is -2.17. The van der Waals surface area contributed by atoms with E-state index in [0.717, 1.165) is 27.4 Å². The zero-order valence-electron chi connectivity index (χ0n) is 16.7. The minimum Gasteiger partial charge on any atom is -0.507 e.